The average Bonchev–Trinajstić information content (AvgIpc) is 2.93. The van der Waals surface area contributed by atoms with Crippen LogP contribution in [0, 0.1) is 5.92 Å². The molecular weight excluding hydrogens is 290 g/mol. The molecule has 1 atom stereocenters. The van der Waals surface area contributed by atoms with E-state index in [1.807, 2.05) is 26.0 Å². The largest absolute Gasteiger partial charge is 0.497 e. The Bertz CT molecular complexity index is 585. The fraction of sp³-hybridized carbons (Fsp3) is 0.467. The van der Waals surface area contributed by atoms with Crippen molar-refractivity contribution >= 4 is 22.8 Å². The summed E-state index contributed by atoms with van der Waals surface area (Å²) in [4.78, 5) is 16.1. The number of carboxylic acids is 1. The number of ether oxygens (including phenoxy) is 2. The van der Waals surface area contributed by atoms with Crippen molar-refractivity contribution in [1.82, 2.24) is 0 Å². The van der Waals surface area contributed by atoms with Crippen LogP contribution in [-0.4, -0.2) is 41.6 Å². The van der Waals surface area contributed by atoms with E-state index in [1.54, 1.807) is 20.3 Å². The molecule has 1 aromatic rings. The summed E-state index contributed by atoms with van der Waals surface area (Å²) in [6, 6.07) is 5.44. The second-order valence-electron chi connectivity index (χ2n) is 5.16. The van der Waals surface area contributed by atoms with Gasteiger partial charge in [-0.05, 0) is 18.1 Å². The van der Waals surface area contributed by atoms with Crippen molar-refractivity contribution in [1.29, 1.82) is 0 Å². The lowest BCUT2D eigenvalue weighted by Crippen LogP contribution is -2.42. The summed E-state index contributed by atoms with van der Waals surface area (Å²) in [5.41, 5.74) is -0.266. The zero-order chi connectivity index (χ0) is 15.6. The molecule has 1 aromatic carbocycles. The molecule has 0 radical (unpaired) electrons. The molecule has 1 aliphatic rings. The minimum Gasteiger partial charge on any atom is -0.497 e. The fourth-order valence-corrected chi connectivity index (χ4v) is 3.62. The summed E-state index contributed by atoms with van der Waals surface area (Å²) in [5.74, 6) is 0.791. The van der Waals surface area contributed by atoms with Crippen LogP contribution in [0.1, 0.15) is 19.4 Å². The van der Waals surface area contributed by atoms with Gasteiger partial charge >= 0.3 is 5.97 Å². The number of carbonyl (C=O) groups is 1. The van der Waals surface area contributed by atoms with Crippen LogP contribution in [-0.2, 0) is 4.79 Å². The highest BCUT2D eigenvalue weighted by Crippen LogP contribution is 2.39. The lowest BCUT2D eigenvalue weighted by molar-refractivity contribution is -0.143. The number of carboxylic acid groups (broad SMARTS) is 1. The molecule has 0 aromatic heterocycles. The molecule has 2 rings (SSSR count). The predicted octanol–water partition coefficient (Wildman–Crippen LogP) is 2.68. The van der Waals surface area contributed by atoms with E-state index in [0.29, 0.717) is 22.3 Å². The van der Waals surface area contributed by atoms with Crippen molar-refractivity contribution < 1.29 is 19.4 Å². The zero-order valence-corrected chi connectivity index (χ0v) is 13.4. The summed E-state index contributed by atoms with van der Waals surface area (Å²) in [7, 11) is 3.16. The molecule has 0 fully saturated rings. The van der Waals surface area contributed by atoms with Crippen LogP contribution in [0.5, 0.6) is 11.5 Å². The second-order valence-corrected chi connectivity index (χ2v) is 6.12. The van der Waals surface area contributed by atoms with Crippen molar-refractivity contribution in [3.05, 3.63) is 23.8 Å². The van der Waals surface area contributed by atoms with Crippen molar-refractivity contribution in [3.63, 3.8) is 0 Å². The normalized spacial score (nSPS) is 21.3. The minimum absolute atomic E-state index is 0.0794. The summed E-state index contributed by atoms with van der Waals surface area (Å²) >= 11 is 1.45. The van der Waals surface area contributed by atoms with Crippen LogP contribution >= 0.6 is 11.8 Å². The molecule has 1 N–H and O–H groups in total. The Balaban J connectivity index is 2.46. The topological polar surface area (TPSA) is 68.1 Å². The Hall–Kier alpha value is -1.69. The van der Waals surface area contributed by atoms with E-state index >= 15 is 0 Å². The SMILES string of the molecule is COc1ccc(C2=N[C@@](C(=O)O)(C(C)C)CS2)c(OC)c1. The maximum absolute atomic E-state index is 11.6. The first-order valence-corrected chi connectivity index (χ1v) is 7.61. The molecule has 0 saturated heterocycles. The smallest absolute Gasteiger partial charge is 0.332 e. The summed E-state index contributed by atoms with van der Waals surface area (Å²) in [5, 5.41) is 10.2. The molecule has 0 unspecified atom stereocenters. The monoisotopic (exact) mass is 309 g/mol. The van der Waals surface area contributed by atoms with Gasteiger partial charge < -0.3 is 14.6 Å². The number of rotatable bonds is 5. The van der Waals surface area contributed by atoms with Crippen LogP contribution in [0.3, 0.4) is 0 Å². The maximum atomic E-state index is 11.6. The number of methoxy groups -OCH3 is 2. The van der Waals surface area contributed by atoms with Gasteiger partial charge in [0, 0.05) is 17.4 Å². The van der Waals surface area contributed by atoms with Gasteiger partial charge in [-0.1, -0.05) is 13.8 Å². The van der Waals surface area contributed by atoms with E-state index in [1.165, 1.54) is 11.8 Å². The van der Waals surface area contributed by atoms with Gasteiger partial charge in [-0.15, -0.1) is 11.8 Å². The van der Waals surface area contributed by atoms with Gasteiger partial charge in [0.05, 0.1) is 14.2 Å². The molecule has 0 saturated carbocycles. The molecular formula is C15H19NO4S. The third kappa shape index (κ3) is 2.72. The minimum atomic E-state index is -1.06. The zero-order valence-electron chi connectivity index (χ0n) is 12.5. The third-order valence-electron chi connectivity index (χ3n) is 3.69. The Labute approximate surface area is 128 Å². The van der Waals surface area contributed by atoms with Gasteiger partial charge in [-0.3, -0.25) is 4.99 Å². The van der Waals surface area contributed by atoms with Gasteiger partial charge in [-0.2, -0.15) is 0 Å². The predicted molar refractivity (Wildman–Crippen MR) is 83.7 cm³/mol. The molecule has 1 aliphatic heterocycles. The molecule has 0 bridgehead atoms. The standard InChI is InChI=1S/C15H19NO4S/c1-9(2)15(14(17)18)8-21-13(16-15)11-6-5-10(19-3)7-12(11)20-4/h5-7,9H,8H2,1-4H3,(H,17,18)/t15-/m1/s1. The highest BCUT2D eigenvalue weighted by atomic mass is 32.2. The Morgan fingerprint density at radius 1 is 1.38 bits per heavy atom. The van der Waals surface area contributed by atoms with E-state index in [4.69, 9.17) is 9.47 Å². The lowest BCUT2D eigenvalue weighted by Gasteiger charge is -2.24. The van der Waals surface area contributed by atoms with E-state index in [9.17, 15) is 9.90 Å². The van der Waals surface area contributed by atoms with Crippen LogP contribution in [0.15, 0.2) is 23.2 Å². The van der Waals surface area contributed by atoms with Crippen molar-refractivity contribution in [2.45, 2.75) is 19.4 Å². The molecule has 5 nitrogen and oxygen atoms in total. The van der Waals surface area contributed by atoms with Crippen LogP contribution in [0.4, 0.5) is 0 Å². The molecule has 1 heterocycles. The molecule has 114 valence electrons. The molecule has 6 heteroatoms. The van der Waals surface area contributed by atoms with Crippen LogP contribution < -0.4 is 9.47 Å². The number of benzene rings is 1. The number of hydrogen-bond donors (Lipinski definition) is 1. The van der Waals surface area contributed by atoms with Crippen LogP contribution in [0.2, 0.25) is 0 Å². The highest BCUT2D eigenvalue weighted by molar-refractivity contribution is 8.14. The second kappa shape index (κ2) is 5.97. The number of hydrogen-bond acceptors (Lipinski definition) is 5. The molecule has 0 spiro atoms. The van der Waals surface area contributed by atoms with Crippen molar-refractivity contribution in [3.8, 4) is 11.5 Å². The van der Waals surface area contributed by atoms with E-state index < -0.39 is 11.5 Å². The number of aliphatic imine (C=N–C) groups is 1. The Kier molecular flexibility index (Phi) is 4.46. The Morgan fingerprint density at radius 3 is 2.57 bits per heavy atom. The number of thioether (sulfide) groups is 1. The number of aliphatic carboxylic acids is 1. The lowest BCUT2D eigenvalue weighted by atomic mass is 9.89. The van der Waals surface area contributed by atoms with E-state index in [-0.39, 0.29) is 5.92 Å². The summed E-state index contributed by atoms with van der Waals surface area (Å²) < 4.78 is 10.5. The van der Waals surface area contributed by atoms with Crippen molar-refractivity contribution in [2.24, 2.45) is 10.9 Å². The Morgan fingerprint density at radius 2 is 2.10 bits per heavy atom. The van der Waals surface area contributed by atoms with E-state index in [0.717, 1.165) is 5.56 Å². The quantitative estimate of drug-likeness (QED) is 0.905. The van der Waals surface area contributed by atoms with Gasteiger partial charge in [0.2, 0.25) is 0 Å². The van der Waals surface area contributed by atoms with Gasteiger partial charge in [-0.25, -0.2) is 4.79 Å². The van der Waals surface area contributed by atoms with E-state index in [2.05, 4.69) is 4.99 Å². The first kappa shape index (κ1) is 15.7. The first-order chi connectivity index (χ1) is 9.94. The highest BCUT2D eigenvalue weighted by Gasteiger charge is 2.46. The van der Waals surface area contributed by atoms with Gasteiger partial charge in [0.25, 0.3) is 0 Å². The molecule has 0 aliphatic carbocycles. The molecule has 21 heavy (non-hydrogen) atoms. The van der Waals surface area contributed by atoms with Crippen LogP contribution in [0.25, 0.3) is 0 Å². The number of nitrogens with zero attached hydrogens (tertiary/aromatic N) is 1. The average molecular weight is 309 g/mol. The summed E-state index contributed by atoms with van der Waals surface area (Å²) in [6.07, 6.45) is 0. The fourth-order valence-electron chi connectivity index (χ4n) is 2.19. The van der Waals surface area contributed by atoms with Gasteiger partial charge in [0.15, 0.2) is 5.54 Å². The third-order valence-corrected chi connectivity index (χ3v) is 4.86. The maximum Gasteiger partial charge on any atom is 0.332 e. The van der Waals surface area contributed by atoms with Gasteiger partial charge in [0.1, 0.15) is 16.5 Å². The summed E-state index contributed by atoms with van der Waals surface area (Å²) in [6.45, 7) is 3.76. The first-order valence-electron chi connectivity index (χ1n) is 6.63. The molecule has 0 amide bonds. The van der Waals surface area contributed by atoms with Crippen molar-refractivity contribution in [2.75, 3.05) is 20.0 Å².